The average molecular weight is 369 g/mol. The van der Waals surface area contributed by atoms with Crippen molar-refractivity contribution < 1.29 is 9.47 Å². The highest BCUT2D eigenvalue weighted by molar-refractivity contribution is 7.11. The van der Waals surface area contributed by atoms with Gasteiger partial charge in [-0.3, -0.25) is 0 Å². The van der Waals surface area contributed by atoms with Crippen molar-refractivity contribution in [1.82, 2.24) is 10.3 Å². The first-order valence-electron chi connectivity index (χ1n) is 8.01. The minimum atomic E-state index is 0. The largest absolute Gasteiger partial charge is 0.496 e. The highest BCUT2D eigenvalue weighted by Crippen LogP contribution is 2.35. The zero-order valence-electron chi connectivity index (χ0n) is 14.8. The van der Waals surface area contributed by atoms with E-state index in [9.17, 15) is 0 Å². The monoisotopic (exact) mass is 368 g/mol. The van der Waals surface area contributed by atoms with E-state index in [1.807, 2.05) is 0 Å². The smallest absolute Gasteiger partial charge is 0.123 e. The predicted molar refractivity (Wildman–Crippen MR) is 101 cm³/mol. The van der Waals surface area contributed by atoms with Gasteiger partial charge in [-0.25, -0.2) is 4.98 Å². The van der Waals surface area contributed by atoms with Crippen LogP contribution in [-0.4, -0.2) is 18.2 Å². The van der Waals surface area contributed by atoms with Crippen molar-refractivity contribution >= 4 is 23.7 Å². The van der Waals surface area contributed by atoms with Gasteiger partial charge in [-0.1, -0.05) is 0 Å². The molecule has 24 heavy (non-hydrogen) atoms. The summed E-state index contributed by atoms with van der Waals surface area (Å²) in [7, 11) is 1.73. The third-order valence-corrected chi connectivity index (χ3v) is 5.49. The molecule has 0 fully saturated rings. The molecule has 0 saturated heterocycles. The van der Waals surface area contributed by atoms with E-state index >= 15 is 0 Å². The van der Waals surface area contributed by atoms with Crippen LogP contribution < -0.4 is 14.8 Å². The summed E-state index contributed by atoms with van der Waals surface area (Å²) < 4.78 is 11.4. The number of halogens is 1. The zero-order valence-corrected chi connectivity index (χ0v) is 16.4. The van der Waals surface area contributed by atoms with Gasteiger partial charge in [0.2, 0.25) is 0 Å². The number of hydrogen-bond acceptors (Lipinski definition) is 5. The molecule has 1 aromatic carbocycles. The molecule has 2 heterocycles. The van der Waals surface area contributed by atoms with Gasteiger partial charge in [0.15, 0.2) is 0 Å². The topological polar surface area (TPSA) is 43.4 Å². The van der Waals surface area contributed by atoms with Crippen LogP contribution in [0.25, 0.3) is 0 Å². The molecule has 3 rings (SSSR count). The molecular formula is C18H25ClN2O2S. The van der Waals surface area contributed by atoms with Crippen molar-refractivity contribution in [3.05, 3.63) is 38.8 Å². The molecule has 0 aliphatic carbocycles. The molecule has 6 heteroatoms. The van der Waals surface area contributed by atoms with Gasteiger partial charge < -0.3 is 14.8 Å². The van der Waals surface area contributed by atoms with Crippen molar-refractivity contribution in [3.8, 4) is 11.5 Å². The maximum atomic E-state index is 5.87. The van der Waals surface area contributed by atoms with Crippen molar-refractivity contribution in [2.45, 2.75) is 52.8 Å². The van der Waals surface area contributed by atoms with Gasteiger partial charge in [-0.05, 0) is 39.8 Å². The summed E-state index contributed by atoms with van der Waals surface area (Å²) in [5.74, 6) is 1.92. The van der Waals surface area contributed by atoms with Crippen molar-refractivity contribution in [2.24, 2.45) is 0 Å². The van der Waals surface area contributed by atoms with Crippen LogP contribution in [0.3, 0.4) is 0 Å². The van der Waals surface area contributed by atoms with E-state index in [0.717, 1.165) is 40.7 Å². The number of methoxy groups -OCH3 is 1. The van der Waals surface area contributed by atoms with Crippen LogP contribution in [0.5, 0.6) is 11.5 Å². The second kappa shape index (κ2) is 7.72. The van der Waals surface area contributed by atoms with Crippen molar-refractivity contribution in [2.75, 3.05) is 7.11 Å². The van der Waals surface area contributed by atoms with Gasteiger partial charge in [-0.2, -0.15) is 0 Å². The lowest BCUT2D eigenvalue weighted by Crippen LogP contribution is -2.18. The molecule has 1 aliphatic rings. The maximum absolute atomic E-state index is 5.87. The number of aromatic nitrogens is 1. The summed E-state index contributed by atoms with van der Waals surface area (Å²) in [5, 5.41) is 4.70. The first-order valence-corrected chi connectivity index (χ1v) is 8.83. The number of thiazole rings is 1. The number of fused-ring (bicyclic) bond motifs is 1. The Hall–Kier alpha value is -1.30. The fraction of sp³-hybridized carbons (Fsp3) is 0.500. The van der Waals surface area contributed by atoms with Crippen molar-refractivity contribution in [1.29, 1.82) is 0 Å². The summed E-state index contributed by atoms with van der Waals surface area (Å²) in [6.07, 6.45) is 1.20. The molecule has 0 radical (unpaired) electrons. The number of nitrogens with one attached hydrogen (secondary N) is 1. The van der Waals surface area contributed by atoms with Gasteiger partial charge in [0.1, 0.15) is 17.6 Å². The third kappa shape index (κ3) is 3.85. The van der Waals surface area contributed by atoms with E-state index < -0.39 is 0 Å². The minimum absolute atomic E-state index is 0. The van der Waals surface area contributed by atoms with Crippen LogP contribution in [0.1, 0.15) is 46.6 Å². The van der Waals surface area contributed by atoms with Crippen LogP contribution in [0.15, 0.2) is 12.1 Å². The van der Waals surface area contributed by atoms with E-state index in [1.54, 1.807) is 18.4 Å². The molecule has 0 amide bonds. The fourth-order valence-corrected chi connectivity index (χ4v) is 4.07. The van der Waals surface area contributed by atoms with Crippen LogP contribution in [0, 0.1) is 13.8 Å². The van der Waals surface area contributed by atoms with Gasteiger partial charge >= 0.3 is 0 Å². The number of aryl methyl sites for hydroxylation is 2. The standard InChI is InChI=1S/C18H24N2O2S.ClH/c1-10-6-14-7-16(21-5)15(8-17(14)22-10)9-19-11(2)18-12(3)20-13(4)23-18;/h7-8,10-11,19H,6,9H2,1-5H3;1H. The van der Waals surface area contributed by atoms with Gasteiger partial charge in [0, 0.05) is 35.0 Å². The lowest BCUT2D eigenvalue weighted by Gasteiger charge is -2.16. The second-order valence-corrected chi connectivity index (χ2v) is 7.42. The Bertz CT molecular complexity index is 717. The van der Waals surface area contributed by atoms with E-state index in [4.69, 9.17) is 9.47 Å². The number of hydrogen-bond donors (Lipinski definition) is 1. The summed E-state index contributed by atoms with van der Waals surface area (Å²) in [6, 6.07) is 4.49. The zero-order chi connectivity index (χ0) is 16.6. The normalized spacial score (nSPS) is 17.0. The summed E-state index contributed by atoms with van der Waals surface area (Å²) in [6.45, 7) is 9.14. The molecule has 0 bridgehead atoms. The van der Waals surface area contributed by atoms with Crippen molar-refractivity contribution in [3.63, 3.8) is 0 Å². The Labute approximate surface area is 154 Å². The molecular weight excluding hydrogens is 344 g/mol. The third-order valence-electron chi connectivity index (χ3n) is 4.23. The molecule has 2 unspecified atom stereocenters. The van der Waals surface area contributed by atoms with E-state index in [0.29, 0.717) is 0 Å². The second-order valence-electron chi connectivity index (χ2n) is 6.19. The quantitative estimate of drug-likeness (QED) is 0.851. The minimum Gasteiger partial charge on any atom is -0.496 e. The Balaban J connectivity index is 0.00000208. The lowest BCUT2D eigenvalue weighted by atomic mass is 10.1. The van der Waals surface area contributed by atoms with E-state index in [-0.39, 0.29) is 24.6 Å². The molecule has 1 aromatic heterocycles. The Morgan fingerprint density at radius 2 is 2.17 bits per heavy atom. The van der Waals surface area contributed by atoms with Crippen LogP contribution in [0.4, 0.5) is 0 Å². The number of rotatable bonds is 5. The van der Waals surface area contributed by atoms with Crippen LogP contribution in [0.2, 0.25) is 0 Å². The summed E-state index contributed by atoms with van der Waals surface area (Å²) in [4.78, 5) is 5.81. The van der Waals surface area contributed by atoms with Gasteiger partial charge in [0.25, 0.3) is 0 Å². The molecule has 132 valence electrons. The molecule has 1 aliphatic heterocycles. The number of benzene rings is 1. The Morgan fingerprint density at radius 1 is 1.42 bits per heavy atom. The van der Waals surface area contributed by atoms with Gasteiger partial charge in [0.05, 0.1) is 17.8 Å². The molecule has 0 saturated carbocycles. The van der Waals surface area contributed by atoms with Crippen LogP contribution >= 0.6 is 23.7 Å². The maximum Gasteiger partial charge on any atom is 0.123 e. The fourth-order valence-electron chi connectivity index (χ4n) is 3.11. The lowest BCUT2D eigenvalue weighted by molar-refractivity contribution is 0.254. The first-order chi connectivity index (χ1) is 11.0. The highest BCUT2D eigenvalue weighted by atomic mass is 35.5. The van der Waals surface area contributed by atoms with E-state index in [1.165, 1.54) is 10.4 Å². The summed E-state index contributed by atoms with van der Waals surface area (Å²) >= 11 is 1.76. The molecule has 1 N–H and O–H groups in total. The Morgan fingerprint density at radius 3 is 2.79 bits per heavy atom. The summed E-state index contributed by atoms with van der Waals surface area (Å²) in [5.41, 5.74) is 3.48. The highest BCUT2D eigenvalue weighted by Gasteiger charge is 2.22. The predicted octanol–water partition coefficient (Wildman–Crippen LogP) is 4.36. The van der Waals surface area contributed by atoms with Crippen LogP contribution in [-0.2, 0) is 13.0 Å². The SMILES string of the molecule is COc1cc2c(cc1CNC(C)c1sc(C)nc1C)OC(C)C2.Cl. The average Bonchev–Trinajstić information content (AvgIpc) is 3.03. The first kappa shape index (κ1) is 19.0. The Kier molecular flexibility index (Phi) is 6.12. The number of ether oxygens (including phenoxy) is 2. The number of nitrogens with zero attached hydrogens (tertiary/aromatic N) is 1. The molecule has 4 nitrogen and oxygen atoms in total. The molecule has 0 spiro atoms. The van der Waals surface area contributed by atoms with Gasteiger partial charge in [-0.15, -0.1) is 23.7 Å². The van der Waals surface area contributed by atoms with E-state index in [2.05, 4.69) is 50.1 Å². The molecule has 2 aromatic rings. The molecule has 2 atom stereocenters.